The van der Waals surface area contributed by atoms with Crippen molar-refractivity contribution in [3.05, 3.63) is 64.0 Å². The van der Waals surface area contributed by atoms with Gasteiger partial charge in [-0.05, 0) is 49.0 Å². The molecule has 5 nitrogen and oxygen atoms in total. The lowest BCUT2D eigenvalue weighted by Crippen LogP contribution is -2.20. The number of hydrogen-bond acceptors (Lipinski definition) is 3. The van der Waals surface area contributed by atoms with E-state index < -0.39 is 4.92 Å². The monoisotopic (exact) mass is 305 g/mol. The summed E-state index contributed by atoms with van der Waals surface area (Å²) >= 11 is 5.12. The summed E-state index contributed by atoms with van der Waals surface area (Å²) in [6.07, 6.45) is 0. The summed E-state index contributed by atoms with van der Waals surface area (Å²) in [6.45, 7) is 1.75. The number of para-hydroxylation sites is 1. The van der Waals surface area contributed by atoms with E-state index in [0.717, 1.165) is 0 Å². The molecule has 0 heterocycles. The number of hydrogen-bond donors (Lipinski definition) is 2. The third kappa shape index (κ3) is 3.73. The highest BCUT2D eigenvalue weighted by Gasteiger charge is 2.16. The summed E-state index contributed by atoms with van der Waals surface area (Å²) in [5.74, 6) is -0.353. The molecule has 2 aromatic rings. The van der Waals surface area contributed by atoms with Crippen LogP contribution in [0.1, 0.15) is 5.56 Å². The van der Waals surface area contributed by atoms with Crippen molar-refractivity contribution in [1.82, 2.24) is 0 Å². The van der Waals surface area contributed by atoms with Crippen LogP contribution in [0.25, 0.3) is 0 Å². The van der Waals surface area contributed by atoms with Crippen LogP contribution in [0.3, 0.4) is 0 Å². The normalized spacial score (nSPS) is 10.0. The first-order chi connectivity index (χ1) is 9.97. The van der Waals surface area contributed by atoms with Gasteiger partial charge in [0.05, 0.1) is 4.92 Å². The lowest BCUT2D eigenvalue weighted by Gasteiger charge is -2.12. The van der Waals surface area contributed by atoms with Crippen LogP contribution in [-0.2, 0) is 0 Å². The van der Waals surface area contributed by atoms with Gasteiger partial charge in [0.2, 0.25) is 0 Å². The fourth-order valence-corrected chi connectivity index (χ4v) is 2.00. The van der Waals surface area contributed by atoms with E-state index >= 15 is 0 Å². The van der Waals surface area contributed by atoms with E-state index in [0.29, 0.717) is 16.9 Å². The van der Waals surface area contributed by atoms with E-state index in [1.54, 1.807) is 19.1 Å². The number of halogens is 1. The molecule has 7 heteroatoms. The number of thiocarbonyl (C=S) groups is 1. The number of anilines is 2. The number of nitrogens with one attached hydrogen (secondary N) is 2. The molecule has 0 saturated heterocycles. The SMILES string of the molecule is Cc1cccc([N+](=O)[O-])c1NC(=S)Nc1ccc(F)cc1. The van der Waals surface area contributed by atoms with Crippen LogP contribution in [0, 0.1) is 22.9 Å². The molecule has 0 atom stereocenters. The number of nitro benzene ring substituents is 1. The second-order valence-corrected chi connectivity index (χ2v) is 4.72. The van der Waals surface area contributed by atoms with Crippen molar-refractivity contribution in [1.29, 1.82) is 0 Å². The van der Waals surface area contributed by atoms with Crippen molar-refractivity contribution in [2.45, 2.75) is 6.92 Å². The highest BCUT2D eigenvalue weighted by Crippen LogP contribution is 2.27. The zero-order valence-corrected chi connectivity index (χ0v) is 11.9. The van der Waals surface area contributed by atoms with Gasteiger partial charge in [0.25, 0.3) is 5.69 Å². The average molecular weight is 305 g/mol. The molecule has 2 rings (SSSR count). The van der Waals surface area contributed by atoms with Gasteiger partial charge in [0.1, 0.15) is 11.5 Å². The first-order valence-corrected chi connectivity index (χ1v) is 6.46. The zero-order chi connectivity index (χ0) is 15.4. The van der Waals surface area contributed by atoms with Gasteiger partial charge in [0, 0.05) is 11.8 Å². The Bertz CT molecular complexity index is 689. The fourth-order valence-electron chi connectivity index (χ4n) is 1.78. The predicted molar refractivity (Wildman–Crippen MR) is 84.1 cm³/mol. The topological polar surface area (TPSA) is 67.2 Å². The Morgan fingerprint density at radius 3 is 2.48 bits per heavy atom. The standard InChI is InChI=1S/C14H12FN3O2S/c1-9-3-2-4-12(18(19)20)13(9)17-14(21)16-11-7-5-10(15)6-8-11/h2-8H,1H3,(H2,16,17,21). The van der Waals surface area contributed by atoms with Crippen molar-refractivity contribution in [2.24, 2.45) is 0 Å². The number of benzene rings is 2. The summed E-state index contributed by atoms with van der Waals surface area (Å²) in [4.78, 5) is 10.5. The minimum absolute atomic E-state index is 0.0572. The maximum absolute atomic E-state index is 12.8. The molecule has 2 aromatic carbocycles. The minimum Gasteiger partial charge on any atom is -0.332 e. The Morgan fingerprint density at radius 1 is 1.19 bits per heavy atom. The van der Waals surface area contributed by atoms with Gasteiger partial charge in [-0.2, -0.15) is 0 Å². The van der Waals surface area contributed by atoms with Gasteiger partial charge in [-0.1, -0.05) is 12.1 Å². The Morgan fingerprint density at radius 2 is 1.86 bits per heavy atom. The molecular formula is C14H12FN3O2S. The summed E-state index contributed by atoms with van der Waals surface area (Å²) in [5, 5.41) is 16.9. The van der Waals surface area contributed by atoms with Crippen molar-refractivity contribution < 1.29 is 9.31 Å². The van der Waals surface area contributed by atoms with Gasteiger partial charge < -0.3 is 10.6 Å². The van der Waals surface area contributed by atoms with Crippen LogP contribution >= 0.6 is 12.2 Å². The third-order valence-electron chi connectivity index (χ3n) is 2.79. The van der Waals surface area contributed by atoms with Gasteiger partial charge in [-0.25, -0.2) is 4.39 Å². The van der Waals surface area contributed by atoms with E-state index in [1.165, 1.54) is 30.3 Å². The Balaban J connectivity index is 2.16. The molecule has 0 amide bonds. The van der Waals surface area contributed by atoms with Crippen LogP contribution < -0.4 is 10.6 Å². The van der Waals surface area contributed by atoms with Crippen molar-refractivity contribution >= 4 is 34.4 Å². The molecule has 0 saturated carbocycles. The van der Waals surface area contributed by atoms with E-state index in [9.17, 15) is 14.5 Å². The Labute approximate surface area is 125 Å². The largest absolute Gasteiger partial charge is 0.332 e. The Hall–Kier alpha value is -2.54. The summed E-state index contributed by atoms with van der Waals surface area (Å²) in [6, 6.07) is 10.4. The van der Waals surface area contributed by atoms with Gasteiger partial charge in [0.15, 0.2) is 5.11 Å². The zero-order valence-electron chi connectivity index (χ0n) is 11.1. The van der Waals surface area contributed by atoms with Gasteiger partial charge in [-0.3, -0.25) is 10.1 Å². The molecule has 0 radical (unpaired) electrons. The molecule has 0 aliphatic carbocycles. The smallest absolute Gasteiger partial charge is 0.293 e. The summed E-state index contributed by atoms with van der Waals surface area (Å²) in [7, 11) is 0. The van der Waals surface area contributed by atoms with Crippen LogP contribution in [-0.4, -0.2) is 10.0 Å². The number of nitrogens with zero attached hydrogens (tertiary/aromatic N) is 1. The van der Waals surface area contributed by atoms with E-state index in [4.69, 9.17) is 12.2 Å². The average Bonchev–Trinajstić information content (AvgIpc) is 2.43. The quantitative estimate of drug-likeness (QED) is 0.512. The molecule has 108 valence electrons. The van der Waals surface area contributed by atoms with E-state index in [1.807, 2.05) is 0 Å². The molecular weight excluding hydrogens is 293 g/mol. The first-order valence-electron chi connectivity index (χ1n) is 6.05. The number of aryl methyl sites for hydroxylation is 1. The second-order valence-electron chi connectivity index (χ2n) is 4.31. The summed E-state index contributed by atoms with van der Waals surface area (Å²) in [5.41, 5.74) is 1.57. The first kappa shape index (κ1) is 14.9. The molecule has 0 unspecified atom stereocenters. The Kier molecular flexibility index (Phi) is 4.44. The second kappa shape index (κ2) is 6.27. The molecule has 0 aliphatic rings. The van der Waals surface area contributed by atoms with Crippen LogP contribution in [0.4, 0.5) is 21.5 Å². The van der Waals surface area contributed by atoms with E-state index in [2.05, 4.69) is 10.6 Å². The van der Waals surface area contributed by atoms with Crippen LogP contribution in [0.2, 0.25) is 0 Å². The summed E-state index contributed by atoms with van der Waals surface area (Å²) < 4.78 is 12.8. The van der Waals surface area contributed by atoms with Crippen molar-refractivity contribution in [2.75, 3.05) is 10.6 Å². The molecule has 0 bridgehead atoms. The van der Waals surface area contributed by atoms with Gasteiger partial charge >= 0.3 is 0 Å². The highest BCUT2D eigenvalue weighted by atomic mass is 32.1. The molecule has 2 N–H and O–H groups in total. The van der Waals surface area contributed by atoms with Crippen molar-refractivity contribution in [3.63, 3.8) is 0 Å². The molecule has 0 aromatic heterocycles. The molecule has 0 spiro atoms. The minimum atomic E-state index is -0.476. The number of nitro groups is 1. The van der Waals surface area contributed by atoms with Crippen LogP contribution in [0.5, 0.6) is 0 Å². The maximum atomic E-state index is 12.8. The van der Waals surface area contributed by atoms with Crippen molar-refractivity contribution in [3.8, 4) is 0 Å². The highest BCUT2D eigenvalue weighted by molar-refractivity contribution is 7.80. The number of rotatable bonds is 3. The lowest BCUT2D eigenvalue weighted by molar-refractivity contribution is -0.383. The molecule has 21 heavy (non-hydrogen) atoms. The third-order valence-corrected chi connectivity index (χ3v) is 2.99. The maximum Gasteiger partial charge on any atom is 0.293 e. The van der Waals surface area contributed by atoms with Crippen LogP contribution in [0.15, 0.2) is 42.5 Å². The predicted octanol–water partition coefficient (Wildman–Crippen LogP) is 3.85. The lowest BCUT2D eigenvalue weighted by atomic mass is 10.1. The fraction of sp³-hybridized carbons (Fsp3) is 0.0714. The van der Waals surface area contributed by atoms with E-state index in [-0.39, 0.29) is 16.6 Å². The molecule has 0 fully saturated rings. The van der Waals surface area contributed by atoms with Gasteiger partial charge in [-0.15, -0.1) is 0 Å². The molecule has 0 aliphatic heterocycles.